The minimum absolute atomic E-state index is 0.103. The van der Waals surface area contributed by atoms with Gasteiger partial charge >= 0.3 is 0 Å². The molecule has 3 unspecified atom stereocenters. The molecular weight excluding hydrogens is 288 g/mol. The molecule has 3 atom stereocenters. The predicted octanol–water partition coefficient (Wildman–Crippen LogP) is 2.49. The standard InChI is InChI=1S/C15H24N2O3S/c1-5-15(3)12(9-13(15)20-6-2)17-11-7-8-14(16-10-11)21(4,18)19/h7-8,10,12-13,17H,5-6,9H2,1-4H3. The molecule has 0 radical (unpaired) electrons. The van der Waals surface area contributed by atoms with Crippen LogP contribution >= 0.6 is 0 Å². The van der Waals surface area contributed by atoms with Crippen LogP contribution < -0.4 is 5.32 Å². The van der Waals surface area contributed by atoms with Gasteiger partial charge in [0.2, 0.25) is 0 Å². The van der Waals surface area contributed by atoms with Crippen molar-refractivity contribution in [3.63, 3.8) is 0 Å². The van der Waals surface area contributed by atoms with Crippen LogP contribution in [0, 0.1) is 5.41 Å². The van der Waals surface area contributed by atoms with Crippen LogP contribution in [-0.4, -0.2) is 38.4 Å². The Morgan fingerprint density at radius 1 is 1.43 bits per heavy atom. The number of aromatic nitrogens is 1. The lowest BCUT2D eigenvalue weighted by Gasteiger charge is -2.53. The maximum absolute atomic E-state index is 11.4. The molecule has 0 spiro atoms. The Balaban J connectivity index is 2.06. The van der Waals surface area contributed by atoms with Gasteiger partial charge in [0.25, 0.3) is 0 Å². The second-order valence-electron chi connectivity index (χ2n) is 5.89. The summed E-state index contributed by atoms with van der Waals surface area (Å²) in [5.74, 6) is 0. The lowest BCUT2D eigenvalue weighted by Crippen LogP contribution is -2.59. The van der Waals surface area contributed by atoms with Gasteiger partial charge in [0.1, 0.15) is 0 Å². The number of pyridine rings is 1. The van der Waals surface area contributed by atoms with Crippen LogP contribution in [0.3, 0.4) is 0 Å². The number of anilines is 1. The first-order valence-electron chi connectivity index (χ1n) is 7.35. The van der Waals surface area contributed by atoms with Gasteiger partial charge in [-0.25, -0.2) is 13.4 Å². The zero-order valence-electron chi connectivity index (χ0n) is 13.1. The summed E-state index contributed by atoms with van der Waals surface area (Å²) in [7, 11) is -3.24. The van der Waals surface area contributed by atoms with Crippen molar-refractivity contribution in [3.8, 4) is 0 Å². The van der Waals surface area contributed by atoms with Crippen LogP contribution in [0.1, 0.15) is 33.6 Å². The average Bonchev–Trinajstić information content (AvgIpc) is 2.45. The fraction of sp³-hybridized carbons (Fsp3) is 0.667. The van der Waals surface area contributed by atoms with Gasteiger partial charge < -0.3 is 10.1 Å². The summed E-state index contributed by atoms with van der Waals surface area (Å²) in [4.78, 5) is 4.01. The van der Waals surface area contributed by atoms with Crippen molar-refractivity contribution in [2.24, 2.45) is 5.41 Å². The van der Waals surface area contributed by atoms with E-state index in [1.165, 1.54) is 0 Å². The van der Waals surface area contributed by atoms with Gasteiger partial charge in [0, 0.05) is 24.3 Å². The Labute approximate surface area is 127 Å². The Bertz CT molecular complexity index is 585. The Hall–Kier alpha value is -1.14. The molecular formula is C15H24N2O3S. The molecule has 6 heteroatoms. The fourth-order valence-corrected chi connectivity index (χ4v) is 3.42. The van der Waals surface area contributed by atoms with Gasteiger partial charge in [0.05, 0.1) is 18.0 Å². The predicted molar refractivity (Wildman–Crippen MR) is 83.2 cm³/mol. The molecule has 5 nitrogen and oxygen atoms in total. The zero-order chi connectivity index (χ0) is 15.7. The summed E-state index contributed by atoms with van der Waals surface area (Å²) in [5, 5.41) is 3.55. The van der Waals surface area contributed by atoms with E-state index in [1.807, 2.05) is 6.92 Å². The van der Waals surface area contributed by atoms with Crippen LogP contribution in [0.5, 0.6) is 0 Å². The van der Waals surface area contributed by atoms with Crippen LogP contribution in [0.25, 0.3) is 0 Å². The molecule has 1 heterocycles. The summed E-state index contributed by atoms with van der Waals surface area (Å²) in [5.41, 5.74) is 0.952. The van der Waals surface area contributed by atoms with Crippen molar-refractivity contribution in [1.29, 1.82) is 0 Å². The van der Waals surface area contributed by atoms with Crippen LogP contribution in [0.15, 0.2) is 23.4 Å². The third-order valence-corrected chi connectivity index (χ3v) is 5.57. The van der Waals surface area contributed by atoms with Crippen LogP contribution in [0.4, 0.5) is 5.69 Å². The minimum atomic E-state index is -3.24. The van der Waals surface area contributed by atoms with Crippen molar-refractivity contribution in [1.82, 2.24) is 4.98 Å². The molecule has 118 valence electrons. The van der Waals surface area contributed by atoms with Gasteiger partial charge in [-0.1, -0.05) is 13.8 Å². The second kappa shape index (κ2) is 5.93. The zero-order valence-corrected chi connectivity index (χ0v) is 13.9. The van der Waals surface area contributed by atoms with E-state index in [-0.39, 0.29) is 16.5 Å². The van der Waals surface area contributed by atoms with E-state index in [0.717, 1.165) is 31.4 Å². The molecule has 21 heavy (non-hydrogen) atoms. The molecule has 1 aromatic rings. The summed E-state index contributed by atoms with van der Waals surface area (Å²) < 4.78 is 28.6. The lowest BCUT2D eigenvalue weighted by atomic mass is 9.61. The van der Waals surface area contributed by atoms with Gasteiger partial charge in [-0.3, -0.25) is 0 Å². The monoisotopic (exact) mass is 312 g/mol. The molecule has 0 aromatic carbocycles. The third kappa shape index (κ3) is 3.21. The van der Waals surface area contributed by atoms with Crippen molar-refractivity contribution >= 4 is 15.5 Å². The molecule has 1 fully saturated rings. The second-order valence-corrected chi connectivity index (χ2v) is 7.86. The molecule has 2 rings (SSSR count). The quantitative estimate of drug-likeness (QED) is 0.874. The van der Waals surface area contributed by atoms with E-state index in [9.17, 15) is 8.42 Å². The van der Waals surface area contributed by atoms with Crippen molar-refractivity contribution in [3.05, 3.63) is 18.3 Å². The van der Waals surface area contributed by atoms with Crippen LogP contribution in [0.2, 0.25) is 0 Å². The molecule has 1 aliphatic carbocycles. The maximum atomic E-state index is 11.4. The van der Waals surface area contributed by atoms with Gasteiger partial charge in [0.15, 0.2) is 14.9 Å². The van der Waals surface area contributed by atoms with E-state index in [1.54, 1.807) is 18.3 Å². The average molecular weight is 312 g/mol. The number of hydrogen-bond donors (Lipinski definition) is 1. The molecule has 0 bridgehead atoms. The summed E-state index contributed by atoms with van der Waals surface area (Å²) >= 11 is 0. The molecule has 0 saturated heterocycles. The van der Waals surface area contributed by atoms with Crippen LogP contribution in [-0.2, 0) is 14.6 Å². The Kier molecular flexibility index (Phi) is 4.58. The van der Waals surface area contributed by atoms with Gasteiger partial charge in [-0.2, -0.15) is 0 Å². The van der Waals surface area contributed by atoms with Crippen molar-refractivity contribution in [2.45, 2.75) is 50.8 Å². The highest BCUT2D eigenvalue weighted by Crippen LogP contribution is 2.47. The molecule has 1 aliphatic rings. The first kappa shape index (κ1) is 16.2. The number of rotatable bonds is 6. The molecule has 0 amide bonds. The summed E-state index contributed by atoms with van der Waals surface area (Å²) in [6, 6.07) is 3.64. The topological polar surface area (TPSA) is 68.3 Å². The van der Waals surface area contributed by atoms with E-state index >= 15 is 0 Å². The first-order chi connectivity index (χ1) is 9.81. The smallest absolute Gasteiger partial charge is 0.192 e. The molecule has 0 aliphatic heterocycles. The van der Waals surface area contributed by atoms with E-state index in [0.29, 0.717) is 6.04 Å². The molecule has 1 saturated carbocycles. The highest BCUT2D eigenvalue weighted by atomic mass is 32.2. The summed E-state index contributed by atoms with van der Waals surface area (Å²) in [6.07, 6.45) is 5.03. The first-order valence-corrected chi connectivity index (χ1v) is 9.24. The normalized spacial score (nSPS) is 29.0. The fourth-order valence-electron chi connectivity index (χ4n) is 2.86. The number of nitrogens with one attached hydrogen (secondary N) is 1. The third-order valence-electron chi connectivity index (χ3n) is 4.57. The molecule has 1 aromatic heterocycles. The summed E-state index contributed by atoms with van der Waals surface area (Å²) in [6.45, 7) is 7.15. The Morgan fingerprint density at radius 2 is 2.14 bits per heavy atom. The van der Waals surface area contributed by atoms with Crippen molar-refractivity contribution in [2.75, 3.05) is 18.2 Å². The maximum Gasteiger partial charge on any atom is 0.192 e. The number of nitrogens with zero attached hydrogens (tertiary/aromatic N) is 1. The van der Waals surface area contributed by atoms with E-state index in [2.05, 4.69) is 24.1 Å². The van der Waals surface area contributed by atoms with Crippen molar-refractivity contribution < 1.29 is 13.2 Å². The van der Waals surface area contributed by atoms with E-state index in [4.69, 9.17) is 4.74 Å². The number of ether oxygens (including phenoxy) is 1. The number of sulfone groups is 1. The Morgan fingerprint density at radius 3 is 2.62 bits per heavy atom. The SMILES string of the molecule is CCOC1CC(Nc2ccc(S(C)(=O)=O)nc2)C1(C)CC. The van der Waals surface area contributed by atoms with Gasteiger partial charge in [-0.15, -0.1) is 0 Å². The highest BCUT2D eigenvalue weighted by Gasteiger charge is 2.51. The largest absolute Gasteiger partial charge is 0.380 e. The van der Waals surface area contributed by atoms with Gasteiger partial charge in [-0.05, 0) is 31.9 Å². The van der Waals surface area contributed by atoms with E-state index < -0.39 is 9.84 Å². The lowest BCUT2D eigenvalue weighted by molar-refractivity contribution is -0.109. The molecule has 1 N–H and O–H groups in total. The highest BCUT2D eigenvalue weighted by molar-refractivity contribution is 7.90. The number of hydrogen-bond acceptors (Lipinski definition) is 5. The minimum Gasteiger partial charge on any atom is -0.380 e.